The molecule has 0 bridgehead atoms. The average molecular weight is 316 g/mol. The summed E-state index contributed by atoms with van der Waals surface area (Å²) in [5, 5.41) is 14.2. The summed E-state index contributed by atoms with van der Waals surface area (Å²) in [6.07, 6.45) is -0.236. The highest BCUT2D eigenvalue weighted by molar-refractivity contribution is 6.03. The van der Waals surface area contributed by atoms with Crippen LogP contribution < -0.4 is 10.6 Å². The number of carbonyl (C=O) groups excluding carboxylic acids is 2. The van der Waals surface area contributed by atoms with Crippen molar-refractivity contribution < 1.29 is 14.3 Å². The fourth-order valence-electron chi connectivity index (χ4n) is 2.26. The summed E-state index contributed by atoms with van der Waals surface area (Å²) in [5.74, 6) is -0.712. The number of nitrogens with one attached hydrogen (secondary N) is 2. The Morgan fingerprint density at radius 1 is 1.26 bits per heavy atom. The molecule has 122 valence electrons. The fourth-order valence-corrected chi connectivity index (χ4v) is 2.26. The van der Waals surface area contributed by atoms with E-state index in [0.717, 1.165) is 32.8 Å². The van der Waals surface area contributed by atoms with E-state index in [9.17, 15) is 9.59 Å². The minimum absolute atomic E-state index is 0.236. The lowest BCUT2D eigenvalue weighted by atomic mass is 10.2. The second-order valence-electron chi connectivity index (χ2n) is 5.22. The normalized spacial score (nSPS) is 14.7. The Morgan fingerprint density at radius 2 is 2.04 bits per heavy atom. The number of rotatable bonds is 6. The molecule has 0 unspecified atom stereocenters. The number of hydrogen-bond acceptors (Lipinski definition) is 5. The molecule has 0 aliphatic carbocycles. The SMILES string of the molecule is N#Cc1cccc(NC(=O)CC(=O)NCCN2CCOCC2)c1. The molecule has 2 N–H and O–H groups in total. The molecule has 1 aromatic rings. The van der Waals surface area contributed by atoms with E-state index in [1.54, 1.807) is 24.3 Å². The second kappa shape index (κ2) is 8.88. The summed E-state index contributed by atoms with van der Waals surface area (Å²) in [7, 11) is 0. The van der Waals surface area contributed by atoms with Crippen LogP contribution in [0, 0.1) is 11.3 Å². The molecule has 0 radical (unpaired) electrons. The Kier molecular flexibility index (Phi) is 6.54. The van der Waals surface area contributed by atoms with Gasteiger partial charge >= 0.3 is 0 Å². The lowest BCUT2D eigenvalue weighted by Gasteiger charge is -2.26. The van der Waals surface area contributed by atoms with Crippen LogP contribution in [0.15, 0.2) is 24.3 Å². The first kappa shape index (κ1) is 16.9. The number of amides is 2. The van der Waals surface area contributed by atoms with Crippen molar-refractivity contribution in [3.05, 3.63) is 29.8 Å². The van der Waals surface area contributed by atoms with Gasteiger partial charge < -0.3 is 15.4 Å². The van der Waals surface area contributed by atoms with Gasteiger partial charge in [-0.25, -0.2) is 0 Å². The van der Waals surface area contributed by atoms with Gasteiger partial charge in [0.05, 0.1) is 24.8 Å². The summed E-state index contributed by atoms with van der Waals surface area (Å²) >= 11 is 0. The third-order valence-corrected chi connectivity index (χ3v) is 3.45. The lowest BCUT2D eigenvalue weighted by Crippen LogP contribution is -2.41. The van der Waals surface area contributed by atoms with Crippen LogP contribution in [0.4, 0.5) is 5.69 Å². The Hall–Kier alpha value is -2.43. The first-order valence-corrected chi connectivity index (χ1v) is 7.54. The number of ether oxygens (including phenoxy) is 1. The van der Waals surface area contributed by atoms with E-state index in [1.807, 2.05) is 6.07 Å². The van der Waals surface area contributed by atoms with Gasteiger partial charge in [-0.15, -0.1) is 0 Å². The molecular formula is C16H20N4O3. The van der Waals surface area contributed by atoms with Crippen LogP contribution in [0.25, 0.3) is 0 Å². The zero-order valence-electron chi connectivity index (χ0n) is 12.9. The quantitative estimate of drug-likeness (QED) is 0.738. The standard InChI is InChI=1S/C16H20N4O3/c17-12-13-2-1-3-14(10-13)19-16(22)11-15(21)18-4-5-20-6-8-23-9-7-20/h1-3,10H,4-9,11H2,(H,18,21)(H,19,22). The molecule has 1 heterocycles. The summed E-state index contributed by atoms with van der Waals surface area (Å²) < 4.78 is 5.25. The first-order chi connectivity index (χ1) is 11.2. The van der Waals surface area contributed by atoms with Crippen molar-refractivity contribution in [3.63, 3.8) is 0 Å². The van der Waals surface area contributed by atoms with Crippen LogP contribution in [-0.4, -0.2) is 56.1 Å². The van der Waals surface area contributed by atoms with Crippen molar-refractivity contribution in [1.82, 2.24) is 10.2 Å². The highest BCUT2D eigenvalue weighted by atomic mass is 16.5. The third-order valence-electron chi connectivity index (χ3n) is 3.45. The van der Waals surface area contributed by atoms with Gasteiger partial charge in [-0.2, -0.15) is 5.26 Å². The maximum Gasteiger partial charge on any atom is 0.233 e. The van der Waals surface area contributed by atoms with Gasteiger partial charge in [0.25, 0.3) is 0 Å². The summed E-state index contributed by atoms with van der Waals surface area (Å²) in [4.78, 5) is 25.8. The van der Waals surface area contributed by atoms with Gasteiger partial charge in [0.2, 0.25) is 11.8 Å². The topological polar surface area (TPSA) is 94.5 Å². The Morgan fingerprint density at radius 3 is 2.78 bits per heavy atom. The van der Waals surface area contributed by atoms with Gasteiger partial charge in [0.15, 0.2) is 0 Å². The van der Waals surface area contributed by atoms with Crippen molar-refractivity contribution in [2.75, 3.05) is 44.7 Å². The van der Waals surface area contributed by atoms with Crippen molar-refractivity contribution >= 4 is 17.5 Å². The highest BCUT2D eigenvalue weighted by Crippen LogP contribution is 2.09. The smallest absolute Gasteiger partial charge is 0.233 e. The molecular weight excluding hydrogens is 296 g/mol. The molecule has 7 heteroatoms. The van der Waals surface area contributed by atoms with Crippen LogP contribution >= 0.6 is 0 Å². The van der Waals surface area contributed by atoms with E-state index in [2.05, 4.69) is 15.5 Å². The maximum absolute atomic E-state index is 11.8. The fraction of sp³-hybridized carbons (Fsp3) is 0.438. The minimum Gasteiger partial charge on any atom is -0.379 e. The molecule has 0 aromatic heterocycles. The van der Waals surface area contributed by atoms with Gasteiger partial charge in [-0.1, -0.05) is 6.07 Å². The van der Waals surface area contributed by atoms with Gasteiger partial charge in [-0.05, 0) is 18.2 Å². The number of nitrogens with zero attached hydrogens (tertiary/aromatic N) is 2. The molecule has 7 nitrogen and oxygen atoms in total. The molecule has 0 atom stereocenters. The Bertz CT molecular complexity index is 591. The zero-order chi connectivity index (χ0) is 16.5. The Balaban J connectivity index is 1.67. The third kappa shape index (κ3) is 6.06. The van der Waals surface area contributed by atoms with E-state index in [-0.39, 0.29) is 12.3 Å². The number of morpholine rings is 1. The molecule has 1 fully saturated rings. The molecule has 1 aliphatic rings. The van der Waals surface area contributed by atoms with Crippen molar-refractivity contribution in [3.8, 4) is 6.07 Å². The molecule has 23 heavy (non-hydrogen) atoms. The monoisotopic (exact) mass is 316 g/mol. The van der Waals surface area contributed by atoms with Gasteiger partial charge in [0, 0.05) is 31.9 Å². The van der Waals surface area contributed by atoms with E-state index >= 15 is 0 Å². The van der Waals surface area contributed by atoms with Crippen molar-refractivity contribution in [2.45, 2.75) is 6.42 Å². The summed E-state index contributed by atoms with van der Waals surface area (Å²) in [6.45, 7) is 4.43. The largest absolute Gasteiger partial charge is 0.379 e. The maximum atomic E-state index is 11.8. The molecule has 0 saturated carbocycles. The van der Waals surface area contributed by atoms with Crippen molar-refractivity contribution in [2.24, 2.45) is 0 Å². The summed E-state index contributed by atoms with van der Waals surface area (Å²) in [5.41, 5.74) is 0.966. The predicted octanol–water partition coefficient (Wildman–Crippen LogP) is 0.335. The van der Waals surface area contributed by atoms with Crippen LogP contribution in [-0.2, 0) is 14.3 Å². The molecule has 0 spiro atoms. The first-order valence-electron chi connectivity index (χ1n) is 7.54. The van der Waals surface area contributed by atoms with Crippen LogP contribution in [0.2, 0.25) is 0 Å². The lowest BCUT2D eigenvalue weighted by molar-refractivity contribution is -0.126. The van der Waals surface area contributed by atoms with E-state index in [4.69, 9.17) is 10.00 Å². The Labute approximate surface area is 135 Å². The molecule has 1 aromatic carbocycles. The van der Waals surface area contributed by atoms with Gasteiger partial charge in [-0.3, -0.25) is 14.5 Å². The summed E-state index contributed by atoms with van der Waals surface area (Å²) in [6, 6.07) is 8.56. The number of anilines is 1. The second-order valence-corrected chi connectivity index (χ2v) is 5.22. The average Bonchev–Trinajstić information content (AvgIpc) is 2.56. The van der Waals surface area contributed by atoms with Crippen molar-refractivity contribution in [1.29, 1.82) is 5.26 Å². The number of carbonyl (C=O) groups is 2. The number of nitriles is 1. The predicted molar refractivity (Wildman–Crippen MR) is 84.7 cm³/mol. The number of benzene rings is 1. The molecule has 1 saturated heterocycles. The zero-order valence-corrected chi connectivity index (χ0v) is 12.9. The van der Waals surface area contributed by atoms with E-state index in [0.29, 0.717) is 17.8 Å². The van der Waals surface area contributed by atoms with Crippen LogP contribution in [0.3, 0.4) is 0 Å². The molecule has 1 aliphatic heterocycles. The molecule has 2 rings (SSSR count). The minimum atomic E-state index is -0.399. The van der Waals surface area contributed by atoms with Gasteiger partial charge in [0.1, 0.15) is 6.42 Å². The number of hydrogen-bond donors (Lipinski definition) is 2. The van der Waals surface area contributed by atoms with Crippen LogP contribution in [0.5, 0.6) is 0 Å². The van der Waals surface area contributed by atoms with E-state index in [1.165, 1.54) is 0 Å². The van der Waals surface area contributed by atoms with E-state index < -0.39 is 5.91 Å². The van der Waals surface area contributed by atoms with Crippen LogP contribution in [0.1, 0.15) is 12.0 Å². The molecule has 2 amide bonds. The highest BCUT2D eigenvalue weighted by Gasteiger charge is 2.12.